The number of halogens is 1. The minimum Gasteiger partial charge on any atom is -0.381 e. The lowest BCUT2D eigenvalue weighted by Gasteiger charge is -2.29. The number of nitrogens with one attached hydrogen (secondary N) is 1. The van der Waals surface area contributed by atoms with Crippen molar-refractivity contribution in [3.63, 3.8) is 0 Å². The fourth-order valence-electron chi connectivity index (χ4n) is 2.18. The summed E-state index contributed by atoms with van der Waals surface area (Å²) in [5, 5.41) is 3.20. The lowest BCUT2D eigenvalue weighted by atomic mass is 9.93. The molecule has 4 nitrogen and oxygen atoms in total. The summed E-state index contributed by atoms with van der Waals surface area (Å²) in [6.45, 7) is 1.37. The molecule has 1 aliphatic rings. The van der Waals surface area contributed by atoms with E-state index in [9.17, 15) is 4.79 Å². The molecule has 2 rings (SSSR count). The molecule has 3 N–H and O–H groups in total. The number of benzene rings is 1. The fraction of sp³-hybridized carbons (Fsp3) is 0.462. The van der Waals surface area contributed by atoms with Crippen molar-refractivity contribution in [2.24, 2.45) is 11.7 Å². The Balaban J connectivity index is 2.05. The van der Waals surface area contributed by atoms with E-state index in [-0.39, 0.29) is 17.9 Å². The molecule has 5 heteroatoms. The van der Waals surface area contributed by atoms with Crippen LogP contribution in [0.1, 0.15) is 12.8 Å². The van der Waals surface area contributed by atoms with Crippen molar-refractivity contribution in [3.05, 3.63) is 28.7 Å². The van der Waals surface area contributed by atoms with Gasteiger partial charge in [-0.05, 0) is 37.1 Å². The van der Waals surface area contributed by atoms with Crippen molar-refractivity contribution < 1.29 is 9.53 Å². The van der Waals surface area contributed by atoms with Crippen LogP contribution in [0.15, 0.2) is 28.7 Å². The third kappa shape index (κ3) is 3.46. The van der Waals surface area contributed by atoms with Gasteiger partial charge in [0.1, 0.15) is 6.04 Å². The van der Waals surface area contributed by atoms with E-state index in [1.165, 1.54) is 0 Å². The lowest BCUT2D eigenvalue weighted by Crippen LogP contribution is -2.44. The molecule has 98 valence electrons. The molecule has 1 aliphatic heterocycles. The molecule has 1 fully saturated rings. The number of carbonyl (C=O) groups is 1. The average molecular weight is 313 g/mol. The number of nitrogens with two attached hydrogens (primary N) is 1. The molecule has 0 aliphatic carbocycles. The number of carbonyl (C=O) groups excluding carboxylic acids is 1. The summed E-state index contributed by atoms with van der Waals surface area (Å²) in [5.41, 5.74) is 6.37. The van der Waals surface area contributed by atoms with Crippen LogP contribution in [0.3, 0.4) is 0 Å². The van der Waals surface area contributed by atoms with Crippen LogP contribution in [-0.4, -0.2) is 25.2 Å². The zero-order valence-corrected chi connectivity index (χ0v) is 11.7. The second kappa shape index (κ2) is 6.20. The van der Waals surface area contributed by atoms with Crippen LogP contribution in [0, 0.1) is 5.92 Å². The van der Waals surface area contributed by atoms with E-state index in [4.69, 9.17) is 10.5 Å². The molecule has 18 heavy (non-hydrogen) atoms. The van der Waals surface area contributed by atoms with Crippen LogP contribution >= 0.6 is 15.9 Å². The first-order valence-corrected chi connectivity index (χ1v) is 6.85. The van der Waals surface area contributed by atoms with E-state index in [2.05, 4.69) is 21.2 Å². The Morgan fingerprint density at radius 2 is 2.17 bits per heavy atom. The summed E-state index contributed by atoms with van der Waals surface area (Å²) in [6.07, 6.45) is 1.95. The number of hydrogen-bond donors (Lipinski definition) is 2. The highest BCUT2D eigenvalue weighted by Gasteiger charge is 2.28. The van der Waals surface area contributed by atoms with Crippen LogP contribution < -0.4 is 11.1 Å². The Hall–Kier alpha value is -1.07. The van der Waals surface area contributed by atoms with Gasteiger partial charge < -0.3 is 15.8 Å². The third-order valence-corrected chi connectivity index (χ3v) is 3.67. The van der Waals surface area contributed by atoms with Gasteiger partial charge in [-0.2, -0.15) is 0 Å². The maximum Gasteiger partial charge on any atom is 0.240 e. The largest absolute Gasteiger partial charge is 0.381 e. The van der Waals surface area contributed by atoms with E-state index in [1.807, 2.05) is 24.3 Å². The van der Waals surface area contributed by atoms with Crippen LogP contribution in [-0.2, 0) is 9.53 Å². The Kier molecular flexibility index (Phi) is 4.60. The SMILES string of the molecule is NC(=O)C(Nc1ccc(Br)cc1)C1CCCOC1. The van der Waals surface area contributed by atoms with Gasteiger partial charge in [0.15, 0.2) is 0 Å². The normalized spacial score (nSPS) is 21.3. The molecule has 0 aromatic heterocycles. The summed E-state index contributed by atoms with van der Waals surface area (Å²) in [7, 11) is 0. The van der Waals surface area contributed by atoms with Crippen LogP contribution in [0.25, 0.3) is 0 Å². The van der Waals surface area contributed by atoms with Crippen molar-refractivity contribution in [2.45, 2.75) is 18.9 Å². The summed E-state index contributed by atoms with van der Waals surface area (Å²) in [6, 6.07) is 7.33. The van der Waals surface area contributed by atoms with Gasteiger partial charge in [0.2, 0.25) is 5.91 Å². The number of primary amides is 1. The third-order valence-electron chi connectivity index (χ3n) is 3.14. The Labute approximate surface area is 115 Å². The molecular weight excluding hydrogens is 296 g/mol. The summed E-state index contributed by atoms with van der Waals surface area (Å²) in [4.78, 5) is 11.6. The van der Waals surface area contributed by atoms with Gasteiger partial charge in [0, 0.05) is 22.7 Å². The standard InChI is InChI=1S/C13H17BrN2O2/c14-10-3-5-11(6-4-10)16-12(13(15)17)9-2-1-7-18-8-9/h3-6,9,12,16H,1-2,7-8H2,(H2,15,17). The molecule has 1 heterocycles. The first kappa shape index (κ1) is 13.4. The molecule has 1 amide bonds. The van der Waals surface area contributed by atoms with Crippen LogP contribution in [0.2, 0.25) is 0 Å². The van der Waals surface area contributed by atoms with Gasteiger partial charge >= 0.3 is 0 Å². The zero-order valence-electron chi connectivity index (χ0n) is 10.1. The maximum atomic E-state index is 11.6. The monoisotopic (exact) mass is 312 g/mol. The predicted molar refractivity (Wildman–Crippen MR) is 74.3 cm³/mol. The minimum atomic E-state index is -0.369. The molecule has 2 unspecified atom stereocenters. The highest BCUT2D eigenvalue weighted by atomic mass is 79.9. The molecule has 0 spiro atoms. The molecule has 0 bridgehead atoms. The van der Waals surface area contributed by atoms with Gasteiger partial charge in [-0.25, -0.2) is 0 Å². The summed E-state index contributed by atoms with van der Waals surface area (Å²) < 4.78 is 6.42. The predicted octanol–water partition coefficient (Wildman–Crippen LogP) is 2.14. The molecule has 1 aromatic rings. The molecule has 0 saturated carbocycles. The van der Waals surface area contributed by atoms with Crippen molar-refractivity contribution in [3.8, 4) is 0 Å². The van der Waals surface area contributed by atoms with Gasteiger partial charge in [-0.3, -0.25) is 4.79 Å². The van der Waals surface area contributed by atoms with Crippen molar-refractivity contribution in [2.75, 3.05) is 18.5 Å². The van der Waals surface area contributed by atoms with Gasteiger partial charge in [0.25, 0.3) is 0 Å². The maximum absolute atomic E-state index is 11.6. The average Bonchev–Trinajstić information content (AvgIpc) is 2.38. The first-order valence-electron chi connectivity index (χ1n) is 6.06. The van der Waals surface area contributed by atoms with Crippen LogP contribution in [0.5, 0.6) is 0 Å². The Morgan fingerprint density at radius 3 is 2.72 bits per heavy atom. The van der Waals surface area contributed by atoms with Gasteiger partial charge in [-0.1, -0.05) is 15.9 Å². The molecule has 1 aromatic carbocycles. The van der Waals surface area contributed by atoms with Crippen molar-refractivity contribution in [1.82, 2.24) is 0 Å². The van der Waals surface area contributed by atoms with Crippen LogP contribution in [0.4, 0.5) is 5.69 Å². The van der Waals surface area contributed by atoms with Gasteiger partial charge in [0.05, 0.1) is 6.61 Å². The topological polar surface area (TPSA) is 64.4 Å². The van der Waals surface area contributed by atoms with Gasteiger partial charge in [-0.15, -0.1) is 0 Å². The second-order valence-electron chi connectivity index (χ2n) is 4.51. The summed E-state index contributed by atoms with van der Waals surface area (Å²) in [5.74, 6) is -0.173. The lowest BCUT2D eigenvalue weighted by molar-refractivity contribution is -0.121. The first-order chi connectivity index (χ1) is 8.66. The number of hydrogen-bond acceptors (Lipinski definition) is 3. The number of rotatable bonds is 4. The molecule has 1 saturated heterocycles. The smallest absolute Gasteiger partial charge is 0.240 e. The number of amides is 1. The van der Waals surface area contributed by atoms with E-state index in [0.29, 0.717) is 6.61 Å². The highest BCUT2D eigenvalue weighted by molar-refractivity contribution is 9.10. The van der Waals surface area contributed by atoms with Crippen molar-refractivity contribution >= 4 is 27.5 Å². The van der Waals surface area contributed by atoms with E-state index in [0.717, 1.165) is 29.6 Å². The van der Waals surface area contributed by atoms with Crippen molar-refractivity contribution in [1.29, 1.82) is 0 Å². The van der Waals surface area contributed by atoms with E-state index < -0.39 is 0 Å². The Bertz CT molecular complexity index is 402. The molecular formula is C13H17BrN2O2. The molecule has 2 atom stereocenters. The Morgan fingerprint density at radius 1 is 1.44 bits per heavy atom. The number of ether oxygens (including phenoxy) is 1. The van der Waals surface area contributed by atoms with E-state index in [1.54, 1.807) is 0 Å². The minimum absolute atomic E-state index is 0.153. The number of anilines is 1. The summed E-state index contributed by atoms with van der Waals surface area (Å²) >= 11 is 3.38. The fourth-order valence-corrected chi connectivity index (χ4v) is 2.44. The van der Waals surface area contributed by atoms with E-state index >= 15 is 0 Å². The highest BCUT2D eigenvalue weighted by Crippen LogP contribution is 2.22. The molecule has 0 radical (unpaired) electrons. The second-order valence-corrected chi connectivity index (χ2v) is 5.42. The zero-order chi connectivity index (χ0) is 13.0. The quantitative estimate of drug-likeness (QED) is 0.895.